The summed E-state index contributed by atoms with van der Waals surface area (Å²) < 4.78 is 6.37. The van der Waals surface area contributed by atoms with Crippen LogP contribution in [0, 0.1) is 5.41 Å². The molecule has 5 nitrogen and oxygen atoms in total. The van der Waals surface area contributed by atoms with E-state index < -0.39 is 8.32 Å². The second kappa shape index (κ2) is 10.6. The smallest absolute Gasteiger partial charge is 0.249 e. The van der Waals surface area contributed by atoms with E-state index in [1.807, 2.05) is 6.07 Å². The molecule has 0 aromatic heterocycles. The van der Waals surface area contributed by atoms with Crippen LogP contribution in [0.4, 0.5) is 0 Å². The Morgan fingerprint density at radius 3 is 2.32 bits per heavy atom. The van der Waals surface area contributed by atoms with Gasteiger partial charge in [0.25, 0.3) is 0 Å². The minimum absolute atomic E-state index is 0.262. The molecule has 1 aromatic carbocycles. The summed E-state index contributed by atoms with van der Waals surface area (Å²) in [5, 5.41) is 0.262. The monoisotopic (exact) mass is 485 g/mol. The molecule has 6 heteroatoms. The lowest BCUT2D eigenvalue weighted by Gasteiger charge is -2.38. The van der Waals surface area contributed by atoms with Gasteiger partial charge in [0.2, 0.25) is 5.91 Å². The van der Waals surface area contributed by atoms with Gasteiger partial charge >= 0.3 is 0 Å². The van der Waals surface area contributed by atoms with Crippen LogP contribution in [0.2, 0.25) is 18.1 Å². The van der Waals surface area contributed by atoms with Gasteiger partial charge in [-0.2, -0.15) is 0 Å². The van der Waals surface area contributed by atoms with Gasteiger partial charge in [-0.05, 0) is 71.6 Å². The van der Waals surface area contributed by atoms with Crippen LogP contribution in [0.3, 0.4) is 0 Å². The molecule has 0 radical (unpaired) electrons. The highest BCUT2D eigenvalue weighted by Crippen LogP contribution is 2.39. The maximum absolute atomic E-state index is 12.1. The van der Waals surface area contributed by atoms with E-state index in [0.29, 0.717) is 11.0 Å². The molecular formula is C28H47N3O2Si. The lowest BCUT2D eigenvalue weighted by atomic mass is 9.76. The summed E-state index contributed by atoms with van der Waals surface area (Å²) in [7, 11) is -1.67. The van der Waals surface area contributed by atoms with Gasteiger partial charge in [-0.25, -0.2) is 0 Å². The molecule has 0 atom stereocenters. The Balaban J connectivity index is 1.56. The van der Waals surface area contributed by atoms with Crippen LogP contribution < -0.4 is 5.73 Å². The van der Waals surface area contributed by atoms with Gasteiger partial charge in [-0.3, -0.25) is 14.6 Å². The molecule has 2 N–H and O–H groups in total. The van der Waals surface area contributed by atoms with Gasteiger partial charge in [0.15, 0.2) is 8.32 Å². The van der Waals surface area contributed by atoms with Gasteiger partial charge in [0, 0.05) is 51.4 Å². The number of nitrogens with zero attached hydrogens (tertiary/aromatic N) is 2. The van der Waals surface area contributed by atoms with Crippen molar-refractivity contribution in [2.24, 2.45) is 11.1 Å². The molecule has 34 heavy (non-hydrogen) atoms. The van der Waals surface area contributed by atoms with E-state index in [1.54, 1.807) is 0 Å². The first-order chi connectivity index (χ1) is 15.8. The van der Waals surface area contributed by atoms with E-state index in [-0.39, 0.29) is 10.9 Å². The third-order valence-electron chi connectivity index (χ3n) is 8.22. The third kappa shape index (κ3) is 7.03. The van der Waals surface area contributed by atoms with Crippen LogP contribution in [0.1, 0.15) is 75.4 Å². The Labute approximate surface area is 208 Å². The molecule has 1 saturated heterocycles. The van der Waals surface area contributed by atoms with E-state index in [1.165, 1.54) is 11.1 Å². The first-order valence-corrected chi connectivity index (χ1v) is 15.9. The van der Waals surface area contributed by atoms with Crippen molar-refractivity contribution in [3.8, 4) is 0 Å². The average Bonchev–Trinajstić information content (AvgIpc) is 2.74. The molecular weight excluding hydrogens is 438 g/mol. The predicted molar refractivity (Wildman–Crippen MR) is 145 cm³/mol. The van der Waals surface area contributed by atoms with E-state index in [9.17, 15) is 4.79 Å². The molecule has 1 aromatic rings. The summed E-state index contributed by atoms with van der Waals surface area (Å²) in [5.41, 5.74) is 10.3. The second-order valence-electron chi connectivity index (χ2n) is 12.6. The minimum atomic E-state index is -1.67. The van der Waals surface area contributed by atoms with Gasteiger partial charge < -0.3 is 10.2 Å². The lowest BCUT2D eigenvalue weighted by Crippen LogP contribution is -2.48. The molecule has 1 aliphatic heterocycles. The number of carbonyl (C=O) groups excluding carboxylic acids is 1. The second-order valence-corrected chi connectivity index (χ2v) is 17.4. The Bertz CT molecular complexity index is 893. The van der Waals surface area contributed by atoms with Crippen LogP contribution in [0.5, 0.6) is 0 Å². The summed E-state index contributed by atoms with van der Waals surface area (Å²) in [6.07, 6.45) is 5.51. The molecule has 1 heterocycles. The molecule has 1 fully saturated rings. The number of allylic oxidation sites excluding steroid dienone is 2. The predicted octanol–water partition coefficient (Wildman–Crippen LogP) is 5.52. The zero-order valence-electron chi connectivity index (χ0n) is 22.7. The number of carbonyl (C=O) groups is 1. The van der Waals surface area contributed by atoms with Crippen LogP contribution in [0.25, 0.3) is 5.57 Å². The number of amides is 1. The fourth-order valence-electron chi connectivity index (χ4n) is 4.57. The summed E-state index contributed by atoms with van der Waals surface area (Å²) in [6, 6.07) is 6.22. The zero-order chi connectivity index (χ0) is 25.1. The van der Waals surface area contributed by atoms with Gasteiger partial charge in [0.1, 0.15) is 0 Å². The van der Waals surface area contributed by atoms with Crippen LogP contribution in [-0.2, 0) is 11.0 Å². The number of hydrogen-bond donors (Lipinski definition) is 1. The fourth-order valence-corrected chi connectivity index (χ4v) is 5.60. The lowest BCUT2D eigenvalue weighted by molar-refractivity contribution is 0.0999. The van der Waals surface area contributed by atoms with E-state index >= 15 is 0 Å². The number of hydrogen-bond acceptors (Lipinski definition) is 4. The average molecular weight is 486 g/mol. The number of rotatable bonds is 8. The third-order valence-corrected chi connectivity index (χ3v) is 12.8. The summed E-state index contributed by atoms with van der Waals surface area (Å²) in [4.78, 5) is 17.2. The quantitative estimate of drug-likeness (QED) is 0.493. The van der Waals surface area contributed by atoms with Crippen molar-refractivity contribution in [2.45, 2.75) is 78.6 Å². The molecule has 1 amide bonds. The number of primary amides is 1. The Morgan fingerprint density at radius 2 is 1.76 bits per heavy atom. The number of nitrogens with two attached hydrogens (primary N) is 1. The van der Waals surface area contributed by atoms with Crippen molar-refractivity contribution in [3.63, 3.8) is 0 Å². The summed E-state index contributed by atoms with van der Waals surface area (Å²) >= 11 is 0. The maximum atomic E-state index is 12.1. The maximum Gasteiger partial charge on any atom is 0.249 e. The largest absolute Gasteiger partial charge is 0.416 e. The van der Waals surface area contributed by atoms with E-state index in [4.69, 9.17) is 10.2 Å². The SMILES string of the molecule is CC1(C)CC=C(c2cc(CN3CCN(CCO[Si](C)(C)C(C)(C)C)CC3)ccc2C(N)=O)CC1. The molecule has 190 valence electrons. The summed E-state index contributed by atoms with van der Waals surface area (Å²) in [6.45, 7) is 23.2. The fraction of sp³-hybridized carbons (Fsp3) is 0.679. The normalized spacial score (nSPS) is 20.3. The van der Waals surface area contributed by atoms with Crippen molar-refractivity contribution < 1.29 is 9.22 Å². The van der Waals surface area contributed by atoms with Crippen molar-refractivity contribution in [2.75, 3.05) is 39.3 Å². The van der Waals surface area contributed by atoms with Crippen molar-refractivity contribution in [3.05, 3.63) is 41.0 Å². The topological polar surface area (TPSA) is 58.8 Å². The molecule has 0 unspecified atom stereocenters. The van der Waals surface area contributed by atoms with Crippen LogP contribution in [-0.4, -0.2) is 63.4 Å². The highest BCUT2D eigenvalue weighted by atomic mass is 28.4. The first-order valence-electron chi connectivity index (χ1n) is 13.0. The van der Waals surface area contributed by atoms with Gasteiger partial charge in [-0.1, -0.05) is 46.8 Å². The van der Waals surface area contributed by atoms with Crippen molar-refractivity contribution in [1.29, 1.82) is 0 Å². The summed E-state index contributed by atoms with van der Waals surface area (Å²) in [5.74, 6) is -0.333. The Kier molecular flexibility index (Phi) is 8.49. The highest BCUT2D eigenvalue weighted by molar-refractivity contribution is 6.74. The van der Waals surface area contributed by atoms with Gasteiger partial charge in [-0.15, -0.1) is 0 Å². The molecule has 2 aliphatic rings. The Hall–Kier alpha value is -1.47. The minimum Gasteiger partial charge on any atom is -0.416 e. The van der Waals surface area contributed by atoms with Crippen LogP contribution >= 0.6 is 0 Å². The standard InChI is InChI=1S/C28H47N3O2Si/c1-27(2,3)34(6,7)33-19-18-30-14-16-31(17-15-30)21-22-8-9-24(26(29)32)25(20-22)23-10-12-28(4,5)13-11-23/h8-10,20H,11-19,21H2,1-7H3,(H2,29,32). The molecule has 0 saturated carbocycles. The number of piperazine rings is 1. The molecule has 0 bridgehead atoms. The van der Waals surface area contributed by atoms with Crippen molar-refractivity contribution in [1.82, 2.24) is 9.80 Å². The number of benzene rings is 1. The zero-order valence-corrected chi connectivity index (χ0v) is 23.7. The highest BCUT2D eigenvalue weighted by Gasteiger charge is 2.37. The van der Waals surface area contributed by atoms with Gasteiger partial charge in [0.05, 0.1) is 0 Å². The van der Waals surface area contributed by atoms with E-state index in [0.717, 1.165) is 70.7 Å². The molecule has 0 spiro atoms. The Morgan fingerprint density at radius 1 is 1.12 bits per heavy atom. The van der Waals surface area contributed by atoms with Crippen LogP contribution in [0.15, 0.2) is 24.3 Å². The molecule has 1 aliphatic carbocycles. The first kappa shape index (κ1) is 27.1. The van der Waals surface area contributed by atoms with Crippen molar-refractivity contribution >= 4 is 19.8 Å². The van der Waals surface area contributed by atoms with E-state index in [2.05, 4.69) is 75.7 Å². The molecule has 3 rings (SSSR count).